The van der Waals surface area contributed by atoms with Gasteiger partial charge in [0.15, 0.2) is 0 Å². The fourth-order valence-electron chi connectivity index (χ4n) is 1.93. The molecule has 4 nitrogen and oxygen atoms in total. The molecule has 4 heteroatoms. The predicted octanol–water partition coefficient (Wildman–Crippen LogP) is 2.71. The van der Waals surface area contributed by atoms with Gasteiger partial charge in [-0.1, -0.05) is 26.7 Å². The number of nitrogens with one attached hydrogen (secondary N) is 1. The maximum atomic E-state index is 5.59. The van der Waals surface area contributed by atoms with Gasteiger partial charge in [0.05, 0.1) is 6.61 Å². The number of hydrogen-bond donors (Lipinski definition) is 1. The Kier molecular flexibility index (Phi) is 5.14. The van der Waals surface area contributed by atoms with Gasteiger partial charge in [-0.25, -0.2) is 9.97 Å². The maximum Gasteiger partial charge on any atom is 0.316 e. The van der Waals surface area contributed by atoms with Crippen LogP contribution in [0.25, 0.3) is 0 Å². The van der Waals surface area contributed by atoms with Crippen LogP contribution in [0.3, 0.4) is 0 Å². The van der Waals surface area contributed by atoms with Crippen molar-refractivity contribution in [2.75, 3.05) is 13.2 Å². The quantitative estimate of drug-likeness (QED) is 0.783. The van der Waals surface area contributed by atoms with Gasteiger partial charge in [-0.05, 0) is 31.7 Å². The molecule has 106 valence electrons. The van der Waals surface area contributed by atoms with Gasteiger partial charge >= 0.3 is 6.01 Å². The van der Waals surface area contributed by atoms with E-state index in [1.807, 2.05) is 13.1 Å². The summed E-state index contributed by atoms with van der Waals surface area (Å²) < 4.78 is 5.59. The summed E-state index contributed by atoms with van der Waals surface area (Å²) in [5.74, 6) is 1.55. The zero-order valence-corrected chi connectivity index (χ0v) is 12.3. The largest absolute Gasteiger partial charge is 0.463 e. The molecular formula is C15H25N3O. The average molecular weight is 263 g/mol. The highest BCUT2D eigenvalue weighted by atomic mass is 16.5. The number of nitrogens with zero attached hydrogens (tertiary/aromatic N) is 2. The van der Waals surface area contributed by atoms with E-state index in [-0.39, 0.29) is 0 Å². The third-order valence-corrected chi connectivity index (χ3v) is 3.38. The molecule has 1 fully saturated rings. The molecule has 0 spiro atoms. The van der Waals surface area contributed by atoms with Gasteiger partial charge < -0.3 is 10.1 Å². The van der Waals surface area contributed by atoms with Crippen molar-refractivity contribution >= 4 is 0 Å². The maximum absolute atomic E-state index is 5.59. The van der Waals surface area contributed by atoms with Gasteiger partial charge in [0.1, 0.15) is 0 Å². The lowest BCUT2D eigenvalue weighted by atomic mass is 10.2. The third-order valence-electron chi connectivity index (χ3n) is 3.38. The summed E-state index contributed by atoms with van der Waals surface area (Å²) in [6.45, 7) is 9.00. The number of aromatic nitrogens is 2. The standard InChI is InChI=1S/C15H25N3O/c1-11(2)8-16-9-14-10-17-15(18-12(14)3)19-7-6-13-4-5-13/h10-11,13,16H,4-9H2,1-3H3. The lowest BCUT2D eigenvalue weighted by molar-refractivity contribution is 0.278. The number of aryl methyl sites for hydroxylation is 1. The first kappa shape index (κ1) is 14.3. The molecule has 1 aromatic heterocycles. The SMILES string of the molecule is Cc1nc(OCCC2CC2)ncc1CNCC(C)C. The van der Waals surface area contributed by atoms with Crippen molar-refractivity contribution in [2.24, 2.45) is 11.8 Å². The van der Waals surface area contributed by atoms with Crippen LogP contribution < -0.4 is 10.1 Å². The molecule has 19 heavy (non-hydrogen) atoms. The summed E-state index contributed by atoms with van der Waals surface area (Å²) in [6, 6.07) is 0.519. The monoisotopic (exact) mass is 263 g/mol. The summed E-state index contributed by atoms with van der Waals surface area (Å²) in [7, 11) is 0. The molecule has 1 aliphatic carbocycles. The molecule has 1 aromatic rings. The van der Waals surface area contributed by atoms with E-state index in [2.05, 4.69) is 29.1 Å². The molecule has 1 aliphatic rings. The van der Waals surface area contributed by atoms with Crippen LogP contribution in [0.2, 0.25) is 0 Å². The van der Waals surface area contributed by atoms with Crippen molar-refractivity contribution in [3.05, 3.63) is 17.5 Å². The highest BCUT2D eigenvalue weighted by molar-refractivity contribution is 5.17. The molecule has 0 atom stereocenters. The molecule has 0 unspecified atom stereocenters. The summed E-state index contributed by atoms with van der Waals surface area (Å²) in [6.07, 6.45) is 5.75. The Bertz CT molecular complexity index is 402. The van der Waals surface area contributed by atoms with E-state index in [9.17, 15) is 0 Å². The lowest BCUT2D eigenvalue weighted by Gasteiger charge is -2.10. The van der Waals surface area contributed by atoms with Crippen LogP contribution in [0.1, 0.15) is 44.4 Å². The van der Waals surface area contributed by atoms with Crippen molar-refractivity contribution in [1.82, 2.24) is 15.3 Å². The number of hydrogen-bond acceptors (Lipinski definition) is 4. The Morgan fingerprint density at radius 1 is 1.42 bits per heavy atom. The van der Waals surface area contributed by atoms with E-state index >= 15 is 0 Å². The van der Waals surface area contributed by atoms with E-state index in [1.54, 1.807) is 0 Å². The van der Waals surface area contributed by atoms with Crippen molar-refractivity contribution in [3.63, 3.8) is 0 Å². The van der Waals surface area contributed by atoms with E-state index < -0.39 is 0 Å². The number of ether oxygens (including phenoxy) is 1. The number of rotatable bonds is 8. The smallest absolute Gasteiger partial charge is 0.316 e. The lowest BCUT2D eigenvalue weighted by Crippen LogP contribution is -2.20. The minimum Gasteiger partial charge on any atom is -0.463 e. The highest BCUT2D eigenvalue weighted by Gasteiger charge is 2.20. The van der Waals surface area contributed by atoms with Crippen molar-refractivity contribution in [3.8, 4) is 6.01 Å². The van der Waals surface area contributed by atoms with Crippen LogP contribution in [0.15, 0.2) is 6.20 Å². The Hall–Kier alpha value is -1.16. The van der Waals surface area contributed by atoms with Gasteiger partial charge in [-0.15, -0.1) is 0 Å². The molecule has 1 N–H and O–H groups in total. The van der Waals surface area contributed by atoms with Crippen LogP contribution in [0.4, 0.5) is 0 Å². The van der Waals surface area contributed by atoms with Gasteiger partial charge in [-0.2, -0.15) is 0 Å². The zero-order chi connectivity index (χ0) is 13.7. The second kappa shape index (κ2) is 6.85. The first-order chi connectivity index (χ1) is 9.15. The van der Waals surface area contributed by atoms with Crippen molar-refractivity contribution in [2.45, 2.75) is 46.6 Å². The molecule has 1 heterocycles. The molecule has 0 aromatic carbocycles. The topological polar surface area (TPSA) is 47.0 Å². The zero-order valence-electron chi connectivity index (χ0n) is 12.3. The molecule has 0 amide bonds. The van der Waals surface area contributed by atoms with Crippen molar-refractivity contribution < 1.29 is 4.74 Å². The molecule has 0 bridgehead atoms. The van der Waals surface area contributed by atoms with E-state index in [0.29, 0.717) is 11.9 Å². The van der Waals surface area contributed by atoms with E-state index in [0.717, 1.165) is 43.3 Å². The summed E-state index contributed by atoms with van der Waals surface area (Å²) in [5, 5.41) is 3.41. The minimum atomic E-state index is 0.519. The Morgan fingerprint density at radius 3 is 2.84 bits per heavy atom. The van der Waals surface area contributed by atoms with Crippen LogP contribution in [0, 0.1) is 18.8 Å². The van der Waals surface area contributed by atoms with Crippen LogP contribution in [-0.2, 0) is 6.54 Å². The van der Waals surface area contributed by atoms with Crippen LogP contribution in [0.5, 0.6) is 6.01 Å². The third kappa shape index (κ3) is 5.15. The fraction of sp³-hybridized carbons (Fsp3) is 0.733. The van der Waals surface area contributed by atoms with Crippen LogP contribution in [-0.4, -0.2) is 23.1 Å². The van der Waals surface area contributed by atoms with E-state index in [1.165, 1.54) is 12.8 Å². The molecule has 0 radical (unpaired) electrons. The van der Waals surface area contributed by atoms with Gasteiger partial charge in [0, 0.05) is 24.0 Å². The Balaban J connectivity index is 1.77. The van der Waals surface area contributed by atoms with Crippen LogP contribution >= 0.6 is 0 Å². The first-order valence-electron chi connectivity index (χ1n) is 7.31. The normalized spacial score (nSPS) is 14.9. The predicted molar refractivity (Wildman–Crippen MR) is 76.1 cm³/mol. The average Bonchev–Trinajstić information content (AvgIpc) is 3.15. The summed E-state index contributed by atoms with van der Waals surface area (Å²) >= 11 is 0. The first-order valence-corrected chi connectivity index (χ1v) is 7.31. The molecule has 0 aliphatic heterocycles. The highest BCUT2D eigenvalue weighted by Crippen LogP contribution is 2.32. The second-order valence-corrected chi connectivity index (χ2v) is 5.87. The Morgan fingerprint density at radius 2 is 2.21 bits per heavy atom. The fourth-order valence-corrected chi connectivity index (χ4v) is 1.93. The van der Waals surface area contributed by atoms with Crippen molar-refractivity contribution in [1.29, 1.82) is 0 Å². The minimum absolute atomic E-state index is 0.519. The second-order valence-electron chi connectivity index (χ2n) is 5.87. The summed E-state index contributed by atoms with van der Waals surface area (Å²) in [5.41, 5.74) is 2.16. The molecule has 2 rings (SSSR count). The molecular weight excluding hydrogens is 238 g/mol. The molecule has 0 saturated heterocycles. The van der Waals surface area contributed by atoms with Gasteiger partial charge in [0.25, 0.3) is 0 Å². The van der Waals surface area contributed by atoms with Gasteiger partial charge in [-0.3, -0.25) is 0 Å². The van der Waals surface area contributed by atoms with E-state index in [4.69, 9.17) is 4.74 Å². The van der Waals surface area contributed by atoms with Gasteiger partial charge in [0.2, 0.25) is 0 Å². The summed E-state index contributed by atoms with van der Waals surface area (Å²) in [4.78, 5) is 8.70. The Labute approximate surface area is 116 Å². The molecule has 1 saturated carbocycles.